The second-order valence-corrected chi connectivity index (χ2v) is 6.26. The van der Waals surface area contributed by atoms with Gasteiger partial charge in [0.15, 0.2) is 0 Å². The summed E-state index contributed by atoms with van der Waals surface area (Å²) in [5.74, 6) is -0.233. The second kappa shape index (κ2) is 6.86. The van der Waals surface area contributed by atoms with E-state index < -0.39 is 0 Å². The molecule has 0 radical (unpaired) electrons. The Balaban J connectivity index is 2.24. The van der Waals surface area contributed by atoms with Crippen molar-refractivity contribution >= 4 is 17.5 Å². The predicted molar refractivity (Wildman–Crippen MR) is 91.0 cm³/mol. The molecule has 0 atom stereocenters. The fraction of sp³-hybridized carbons (Fsp3) is 0.500. The number of carbonyl (C=O) groups excluding carboxylic acids is 2. The van der Waals surface area contributed by atoms with Crippen molar-refractivity contribution in [3.63, 3.8) is 0 Å². The molecule has 2 aromatic heterocycles. The van der Waals surface area contributed by atoms with E-state index in [4.69, 9.17) is 0 Å². The van der Waals surface area contributed by atoms with Crippen LogP contribution in [0.25, 0.3) is 0 Å². The number of nitrogens with zero attached hydrogens (tertiary/aromatic N) is 4. The van der Waals surface area contributed by atoms with Crippen molar-refractivity contribution in [2.75, 3.05) is 11.9 Å². The van der Waals surface area contributed by atoms with E-state index in [1.807, 2.05) is 20.8 Å². The lowest BCUT2D eigenvalue weighted by molar-refractivity contribution is 0.0940. The predicted octanol–water partition coefficient (Wildman–Crippen LogP) is 1.41. The molecule has 2 amide bonds. The SMILES string of the molecule is Cc1nn(C)c(C)c1C(=O)Nc1cnn(C)c1C(=O)NCC(C)C. The van der Waals surface area contributed by atoms with Gasteiger partial charge in [-0.1, -0.05) is 13.8 Å². The molecule has 0 spiro atoms. The third-order valence-corrected chi connectivity index (χ3v) is 3.81. The van der Waals surface area contributed by atoms with Crippen molar-refractivity contribution in [2.45, 2.75) is 27.7 Å². The zero-order chi connectivity index (χ0) is 18.0. The largest absolute Gasteiger partial charge is 0.350 e. The zero-order valence-corrected chi connectivity index (χ0v) is 15.0. The van der Waals surface area contributed by atoms with E-state index in [0.717, 1.165) is 5.69 Å². The first-order valence-electron chi connectivity index (χ1n) is 7.84. The number of aromatic nitrogens is 4. The summed E-state index contributed by atoms with van der Waals surface area (Å²) >= 11 is 0. The van der Waals surface area contributed by atoms with E-state index in [1.165, 1.54) is 10.9 Å². The molecular weight excluding hydrogens is 308 g/mol. The van der Waals surface area contributed by atoms with E-state index in [2.05, 4.69) is 20.8 Å². The van der Waals surface area contributed by atoms with Crippen LogP contribution in [0.5, 0.6) is 0 Å². The fourth-order valence-corrected chi connectivity index (χ4v) is 2.47. The van der Waals surface area contributed by atoms with Crippen LogP contribution in [0.1, 0.15) is 46.1 Å². The molecule has 0 aliphatic rings. The standard InChI is InChI=1S/C16H24N6O2/c1-9(2)7-17-16(24)14-12(8-18-22(14)6)19-15(23)13-10(3)20-21(5)11(13)4/h8-9H,7H2,1-6H3,(H,17,24)(H,19,23). The first-order chi connectivity index (χ1) is 11.2. The van der Waals surface area contributed by atoms with Gasteiger partial charge in [-0.15, -0.1) is 0 Å². The number of hydrogen-bond donors (Lipinski definition) is 2. The maximum Gasteiger partial charge on any atom is 0.271 e. The highest BCUT2D eigenvalue weighted by atomic mass is 16.2. The molecule has 8 nitrogen and oxygen atoms in total. The first kappa shape index (κ1) is 17.7. The second-order valence-electron chi connectivity index (χ2n) is 6.26. The molecule has 0 bridgehead atoms. The van der Waals surface area contributed by atoms with Crippen LogP contribution in [-0.2, 0) is 14.1 Å². The average molecular weight is 332 g/mol. The van der Waals surface area contributed by atoms with Crippen molar-refractivity contribution in [1.29, 1.82) is 0 Å². The van der Waals surface area contributed by atoms with Crippen molar-refractivity contribution < 1.29 is 9.59 Å². The number of hydrogen-bond acceptors (Lipinski definition) is 4. The molecule has 0 saturated heterocycles. The highest BCUT2D eigenvalue weighted by Gasteiger charge is 2.22. The van der Waals surface area contributed by atoms with Gasteiger partial charge in [-0.2, -0.15) is 10.2 Å². The summed E-state index contributed by atoms with van der Waals surface area (Å²) in [4.78, 5) is 25.0. The van der Waals surface area contributed by atoms with Gasteiger partial charge in [0.1, 0.15) is 5.69 Å². The van der Waals surface area contributed by atoms with Gasteiger partial charge < -0.3 is 10.6 Å². The van der Waals surface area contributed by atoms with E-state index >= 15 is 0 Å². The summed E-state index contributed by atoms with van der Waals surface area (Å²) in [6, 6.07) is 0. The van der Waals surface area contributed by atoms with Crippen LogP contribution in [0.2, 0.25) is 0 Å². The smallest absolute Gasteiger partial charge is 0.271 e. The molecule has 0 aliphatic heterocycles. The van der Waals surface area contributed by atoms with Gasteiger partial charge in [0.25, 0.3) is 11.8 Å². The lowest BCUT2D eigenvalue weighted by Gasteiger charge is -2.10. The number of carbonyl (C=O) groups is 2. The summed E-state index contributed by atoms with van der Waals surface area (Å²) in [5.41, 5.74) is 2.62. The zero-order valence-electron chi connectivity index (χ0n) is 15.0. The number of anilines is 1. The maximum atomic E-state index is 12.6. The summed E-state index contributed by atoms with van der Waals surface area (Å²) in [5, 5.41) is 13.9. The minimum Gasteiger partial charge on any atom is -0.350 e. The Morgan fingerprint density at radius 2 is 1.83 bits per heavy atom. The van der Waals surface area contributed by atoms with Gasteiger partial charge in [-0.25, -0.2) is 0 Å². The van der Waals surface area contributed by atoms with Gasteiger partial charge in [-0.3, -0.25) is 19.0 Å². The molecule has 2 heterocycles. The average Bonchev–Trinajstić information content (AvgIpc) is 2.96. The molecule has 2 N–H and O–H groups in total. The molecule has 0 aliphatic carbocycles. The molecule has 0 aromatic carbocycles. The van der Waals surface area contributed by atoms with Crippen molar-refractivity contribution in [1.82, 2.24) is 24.9 Å². The lowest BCUT2D eigenvalue weighted by atomic mass is 10.2. The van der Waals surface area contributed by atoms with E-state index in [9.17, 15) is 9.59 Å². The minimum absolute atomic E-state index is 0.265. The molecule has 8 heteroatoms. The highest BCUT2D eigenvalue weighted by molar-refractivity contribution is 6.09. The van der Waals surface area contributed by atoms with Crippen LogP contribution >= 0.6 is 0 Å². The van der Waals surface area contributed by atoms with Crippen molar-refractivity contribution in [2.24, 2.45) is 20.0 Å². The van der Waals surface area contributed by atoms with Gasteiger partial charge in [0.2, 0.25) is 0 Å². The molecule has 2 aromatic rings. The number of amides is 2. The highest BCUT2D eigenvalue weighted by Crippen LogP contribution is 2.18. The summed E-state index contributed by atoms with van der Waals surface area (Å²) in [6.07, 6.45) is 1.48. The van der Waals surface area contributed by atoms with E-state index in [1.54, 1.807) is 25.7 Å². The first-order valence-corrected chi connectivity index (χ1v) is 7.84. The van der Waals surface area contributed by atoms with Crippen LogP contribution in [0, 0.1) is 19.8 Å². The normalized spacial score (nSPS) is 11.0. The Labute approximate surface area is 141 Å². The van der Waals surface area contributed by atoms with Crippen LogP contribution in [-0.4, -0.2) is 37.9 Å². The van der Waals surface area contributed by atoms with Crippen molar-refractivity contribution in [3.05, 3.63) is 28.8 Å². The van der Waals surface area contributed by atoms with Gasteiger partial charge in [0, 0.05) is 26.3 Å². The number of rotatable bonds is 5. The summed E-state index contributed by atoms with van der Waals surface area (Å²) < 4.78 is 3.11. The molecule has 24 heavy (non-hydrogen) atoms. The third kappa shape index (κ3) is 3.47. The summed E-state index contributed by atoms with van der Waals surface area (Å²) in [7, 11) is 3.45. The number of nitrogens with one attached hydrogen (secondary N) is 2. The van der Waals surface area contributed by atoms with Gasteiger partial charge in [0.05, 0.1) is 23.1 Å². The van der Waals surface area contributed by atoms with Crippen LogP contribution in [0.15, 0.2) is 6.20 Å². The minimum atomic E-state index is -0.302. The Bertz CT molecular complexity index is 772. The molecule has 0 unspecified atom stereocenters. The van der Waals surface area contributed by atoms with Gasteiger partial charge >= 0.3 is 0 Å². The third-order valence-electron chi connectivity index (χ3n) is 3.81. The van der Waals surface area contributed by atoms with E-state index in [0.29, 0.717) is 35.1 Å². The number of aryl methyl sites for hydroxylation is 3. The Kier molecular flexibility index (Phi) is 5.06. The van der Waals surface area contributed by atoms with Crippen LogP contribution < -0.4 is 10.6 Å². The lowest BCUT2D eigenvalue weighted by Crippen LogP contribution is -2.30. The topological polar surface area (TPSA) is 93.8 Å². The molecular formula is C16H24N6O2. The molecule has 2 rings (SSSR count). The maximum absolute atomic E-state index is 12.6. The Morgan fingerprint density at radius 3 is 2.38 bits per heavy atom. The van der Waals surface area contributed by atoms with Crippen LogP contribution in [0.3, 0.4) is 0 Å². The Morgan fingerprint density at radius 1 is 1.17 bits per heavy atom. The fourth-order valence-electron chi connectivity index (χ4n) is 2.47. The summed E-state index contributed by atoms with van der Waals surface area (Å²) in [6.45, 7) is 8.19. The quantitative estimate of drug-likeness (QED) is 0.865. The van der Waals surface area contributed by atoms with Gasteiger partial charge in [-0.05, 0) is 19.8 Å². The monoisotopic (exact) mass is 332 g/mol. The van der Waals surface area contributed by atoms with Crippen molar-refractivity contribution in [3.8, 4) is 0 Å². The van der Waals surface area contributed by atoms with Crippen LogP contribution in [0.4, 0.5) is 5.69 Å². The Hall–Kier alpha value is -2.64. The molecule has 0 fully saturated rings. The molecule has 130 valence electrons. The van der Waals surface area contributed by atoms with E-state index in [-0.39, 0.29) is 11.8 Å². The molecule has 0 saturated carbocycles.